The average molecular weight is 528 g/mol. The first-order chi connectivity index (χ1) is 15.8. The Morgan fingerprint density at radius 2 is 1.70 bits per heavy atom. The summed E-state index contributed by atoms with van der Waals surface area (Å²) in [6, 6.07) is 18.5. The second-order valence-electron chi connectivity index (χ2n) is 8.48. The van der Waals surface area contributed by atoms with Crippen LogP contribution < -0.4 is 10.9 Å². The van der Waals surface area contributed by atoms with Gasteiger partial charge in [0.2, 0.25) is 10.0 Å². The van der Waals surface area contributed by atoms with E-state index in [1.165, 1.54) is 16.4 Å². The lowest BCUT2D eigenvalue weighted by molar-refractivity contribution is 0.102. The summed E-state index contributed by atoms with van der Waals surface area (Å²) in [4.78, 5) is 24.9. The molecule has 2 aromatic carbocycles. The van der Waals surface area contributed by atoms with Crippen molar-refractivity contribution in [2.45, 2.75) is 23.8 Å². The van der Waals surface area contributed by atoms with Crippen molar-refractivity contribution in [1.82, 2.24) is 8.87 Å². The maximum Gasteiger partial charge on any atom is 0.256 e. The van der Waals surface area contributed by atoms with Crippen LogP contribution in [0.2, 0.25) is 0 Å². The Bertz CT molecular complexity index is 1390. The first kappa shape index (κ1) is 22.1. The third-order valence-corrected chi connectivity index (χ3v) is 8.85. The van der Waals surface area contributed by atoms with Gasteiger partial charge in [-0.15, -0.1) is 0 Å². The van der Waals surface area contributed by atoms with E-state index in [0.29, 0.717) is 35.4 Å². The lowest BCUT2D eigenvalue weighted by Gasteiger charge is -2.42. The molecule has 0 saturated carbocycles. The number of fused-ring (bicyclic) bond motifs is 4. The molecule has 1 N–H and O–H groups in total. The van der Waals surface area contributed by atoms with E-state index in [2.05, 4.69) is 21.2 Å². The molecule has 33 heavy (non-hydrogen) atoms. The number of rotatable bonds is 4. The molecule has 3 heterocycles. The van der Waals surface area contributed by atoms with Gasteiger partial charge in [-0.2, -0.15) is 4.31 Å². The number of anilines is 1. The number of hydrogen-bond acceptors (Lipinski definition) is 4. The van der Waals surface area contributed by atoms with Crippen molar-refractivity contribution in [2.24, 2.45) is 5.92 Å². The molecule has 0 radical (unpaired) electrons. The van der Waals surface area contributed by atoms with E-state index in [1.54, 1.807) is 47.0 Å². The van der Waals surface area contributed by atoms with Gasteiger partial charge in [-0.05, 0) is 70.7 Å². The van der Waals surface area contributed by atoms with Gasteiger partial charge < -0.3 is 9.88 Å². The van der Waals surface area contributed by atoms with Crippen LogP contribution in [0.25, 0.3) is 0 Å². The number of aromatic nitrogens is 1. The fourth-order valence-electron chi connectivity index (χ4n) is 4.75. The Labute approximate surface area is 200 Å². The molecular weight excluding hydrogens is 506 g/mol. The molecule has 2 bridgehead atoms. The molecule has 1 amide bonds. The van der Waals surface area contributed by atoms with E-state index in [-0.39, 0.29) is 28.2 Å². The van der Waals surface area contributed by atoms with E-state index in [9.17, 15) is 18.0 Å². The maximum atomic E-state index is 13.4. The van der Waals surface area contributed by atoms with Crippen LogP contribution in [0.5, 0.6) is 0 Å². The topological polar surface area (TPSA) is 88.5 Å². The van der Waals surface area contributed by atoms with E-state index in [4.69, 9.17) is 0 Å². The van der Waals surface area contributed by atoms with Gasteiger partial charge >= 0.3 is 0 Å². The van der Waals surface area contributed by atoms with Gasteiger partial charge in [-0.3, -0.25) is 9.59 Å². The van der Waals surface area contributed by atoms with E-state index >= 15 is 0 Å². The Kier molecular flexibility index (Phi) is 5.72. The average Bonchev–Trinajstić information content (AvgIpc) is 2.80. The summed E-state index contributed by atoms with van der Waals surface area (Å²) in [7, 11) is -3.70. The quantitative estimate of drug-likeness (QED) is 0.560. The second kappa shape index (κ2) is 8.55. The van der Waals surface area contributed by atoms with Crippen molar-refractivity contribution in [1.29, 1.82) is 0 Å². The van der Waals surface area contributed by atoms with Crippen molar-refractivity contribution >= 4 is 37.5 Å². The molecule has 7 nitrogen and oxygen atoms in total. The standard InChI is InChI=1S/C24H22BrN3O4S/c25-21-5-2-1-4-20(21)24(30)26-18-8-10-19(11-9-18)33(31,32)27-13-16-12-17(15-27)22-6-3-7-23(29)28(22)14-16/h1-11,16-17H,12-15H2,(H,26,30)/t16-,17+/m0/s1. The SMILES string of the molecule is O=C(Nc1ccc(S(=O)(=O)N2C[C@@H]3C[C@H](C2)c2cccc(=O)n2C3)cc1)c1ccccc1Br. The van der Waals surface area contributed by atoms with Crippen LogP contribution in [0.3, 0.4) is 0 Å². The zero-order chi connectivity index (χ0) is 23.2. The highest BCUT2D eigenvalue weighted by molar-refractivity contribution is 9.10. The number of carbonyl (C=O) groups excluding carboxylic acids is 1. The highest BCUT2D eigenvalue weighted by Gasteiger charge is 2.39. The van der Waals surface area contributed by atoms with Crippen LogP contribution >= 0.6 is 15.9 Å². The predicted octanol–water partition coefficient (Wildman–Crippen LogP) is 3.67. The van der Waals surface area contributed by atoms with Gasteiger partial charge in [0.05, 0.1) is 10.5 Å². The zero-order valence-electron chi connectivity index (χ0n) is 17.6. The molecular formula is C24H22BrN3O4S. The fourth-order valence-corrected chi connectivity index (χ4v) is 6.78. The number of halogens is 1. The molecule has 2 atom stereocenters. The first-order valence-corrected chi connectivity index (χ1v) is 12.9. The number of benzene rings is 2. The van der Waals surface area contributed by atoms with Gasteiger partial charge in [0, 0.05) is 47.5 Å². The zero-order valence-corrected chi connectivity index (χ0v) is 20.1. The molecule has 1 saturated heterocycles. The largest absolute Gasteiger partial charge is 0.322 e. The molecule has 2 aliphatic rings. The smallest absolute Gasteiger partial charge is 0.256 e. The van der Waals surface area contributed by atoms with Crippen molar-refractivity contribution < 1.29 is 13.2 Å². The number of nitrogens with zero attached hydrogens (tertiary/aromatic N) is 2. The molecule has 2 aliphatic heterocycles. The number of hydrogen-bond donors (Lipinski definition) is 1. The minimum absolute atomic E-state index is 0.00376. The summed E-state index contributed by atoms with van der Waals surface area (Å²) >= 11 is 3.36. The Balaban J connectivity index is 1.34. The van der Waals surface area contributed by atoms with Gasteiger partial charge in [0.25, 0.3) is 11.5 Å². The van der Waals surface area contributed by atoms with E-state index < -0.39 is 10.0 Å². The van der Waals surface area contributed by atoms with Crippen molar-refractivity contribution in [3.8, 4) is 0 Å². The number of nitrogens with one attached hydrogen (secondary N) is 1. The second-order valence-corrected chi connectivity index (χ2v) is 11.3. The minimum atomic E-state index is -3.70. The maximum absolute atomic E-state index is 13.4. The summed E-state index contributed by atoms with van der Waals surface area (Å²) in [5.74, 6) is -0.172. The van der Waals surface area contributed by atoms with Gasteiger partial charge in [-0.1, -0.05) is 18.2 Å². The van der Waals surface area contributed by atoms with Gasteiger partial charge in [0.15, 0.2) is 0 Å². The lowest BCUT2D eigenvalue weighted by atomic mass is 9.84. The monoisotopic (exact) mass is 527 g/mol. The van der Waals surface area contributed by atoms with Crippen molar-refractivity contribution in [2.75, 3.05) is 18.4 Å². The third kappa shape index (κ3) is 4.16. The summed E-state index contributed by atoms with van der Waals surface area (Å²) < 4.78 is 30.7. The predicted molar refractivity (Wildman–Crippen MR) is 129 cm³/mol. The number of carbonyl (C=O) groups is 1. The number of amides is 1. The summed E-state index contributed by atoms with van der Waals surface area (Å²) in [6.45, 7) is 1.28. The highest BCUT2D eigenvalue weighted by Crippen LogP contribution is 2.37. The summed E-state index contributed by atoms with van der Waals surface area (Å²) in [6.07, 6.45) is 0.884. The number of sulfonamides is 1. The molecule has 0 spiro atoms. The lowest BCUT2D eigenvalue weighted by Crippen LogP contribution is -2.48. The molecule has 3 aromatic rings. The summed E-state index contributed by atoms with van der Waals surface area (Å²) in [5, 5.41) is 2.80. The van der Waals surface area contributed by atoms with Crippen LogP contribution in [-0.2, 0) is 16.6 Å². The van der Waals surface area contributed by atoms with Gasteiger partial charge in [0.1, 0.15) is 0 Å². The molecule has 1 fully saturated rings. The van der Waals surface area contributed by atoms with Crippen LogP contribution in [0.15, 0.2) is 80.9 Å². The third-order valence-electron chi connectivity index (χ3n) is 6.31. The minimum Gasteiger partial charge on any atom is -0.322 e. The molecule has 0 aliphatic carbocycles. The van der Waals surface area contributed by atoms with Crippen LogP contribution in [0, 0.1) is 5.92 Å². The van der Waals surface area contributed by atoms with Crippen molar-refractivity contribution in [3.63, 3.8) is 0 Å². The Hall–Kier alpha value is -2.75. The molecule has 5 rings (SSSR count). The number of pyridine rings is 1. The highest BCUT2D eigenvalue weighted by atomic mass is 79.9. The Morgan fingerprint density at radius 3 is 2.45 bits per heavy atom. The van der Waals surface area contributed by atoms with E-state index in [1.807, 2.05) is 12.1 Å². The van der Waals surface area contributed by atoms with Crippen LogP contribution in [0.1, 0.15) is 28.4 Å². The molecule has 9 heteroatoms. The summed E-state index contributed by atoms with van der Waals surface area (Å²) in [5.41, 5.74) is 1.88. The first-order valence-electron chi connectivity index (χ1n) is 10.7. The Morgan fingerprint density at radius 1 is 0.939 bits per heavy atom. The molecule has 0 unspecified atom stereocenters. The van der Waals surface area contributed by atoms with E-state index in [0.717, 1.165) is 12.1 Å². The fraction of sp³-hybridized carbons (Fsp3) is 0.250. The van der Waals surface area contributed by atoms with Crippen LogP contribution in [0.4, 0.5) is 5.69 Å². The molecule has 170 valence electrons. The van der Waals surface area contributed by atoms with Crippen LogP contribution in [-0.4, -0.2) is 36.3 Å². The van der Waals surface area contributed by atoms with Crippen molar-refractivity contribution in [3.05, 3.63) is 92.8 Å². The normalized spacial score (nSPS) is 20.2. The number of piperidine rings is 1. The van der Waals surface area contributed by atoms with Gasteiger partial charge in [-0.25, -0.2) is 8.42 Å². The molecule has 1 aromatic heterocycles.